The van der Waals surface area contributed by atoms with E-state index >= 15 is 0 Å². The topological polar surface area (TPSA) is 79.4 Å². The molecule has 0 atom stereocenters. The maximum atomic E-state index is 12.5. The van der Waals surface area contributed by atoms with Gasteiger partial charge in [0.2, 0.25) is 11.8 Å². The first-order chi connectivity index (χ1) is 14.6. The Bertz CT molecular complexity index is 960. The molecule has 30 heavy (non-hydrogen) atoms. The lowest BCUT2D eigenvalue weighted by molar-refractivity contribution is 0.261. The van der Waals surface area contributed by atoms with Crippen LogP contribution in [0.3, 0.4) is 0 Å². The first-order valence-corrected chi connectivity index (χ1v) is 10.0. The number of nitrogens with one attached hydrogen (secondary N) is 2. The summed E-state index contributed by atoms with van der Waals surface area (Å²) in [6, 6.07) is 18.7. The van der Waals surface area contributed by atoms with E-state index in [1.165, 1.54) is 0 Å². The Hall–Kier alpha value is -3.61. The van der Waals surface area contributed by atoms with E-state index in [0.717, 1.165) is 18.7 Å². The molecular weight excluding hydrogens is 378 g/mol. The second-order valence-corrected chi connectivity index (χ2v) is 6.68. The van der Waals surface area contributed by atoms with Crippen LogP contribution in [0.5, 0.6) is 5.88 Å². The maximum Gasteiger partial charge on any atom is 0.323 e. The second kappa shape index (κ2) is 10.2. The van der Waals surface area contributed by atoms with Crippen molar-refractivity contribution in [2.45, 2.75) is 27.4 Å². The van der Waals surface area contributed by atoms with Crippen molar-refractivity contribution in [3.8, 4) is 5.88 Å². The third kappa shape index (κ3) is 5.47. The van der Waals surface area contributed by atoms with Crippen LogP contribution < -0.4 is 20.3 Å². The number of hydrogen-bond donors (Lipinski definition) is 2. The number of urea groups is 1. The van der Waals surface area contributed by atoms with Crippen molar-refractivity contribution in [1.82, 2.24) is 9.97 Å². The van der Waals surface area contributed by atoms with Crippen LogP contribution >= 0.6 is 0 Å². The highest BCUT2D eigenvalue weighted by Crippen LogP contribution is 2.29. The second-order valence-electron chi connectivity index (χ2n) is 6.68. The zero-order valence-electron chi connectivity index (χ0n) is 17.6. The average Bonchev–Trinajstić information content (AvgIpc) is 2.76. The van der Waals surface area contributed by atoms with E-state index in [2.05, 4.69) is 20.6 Å². The van der Waals surface area contributed by atoms with Gasteiger partial charge in [-0.05, 0) is 38.5 Å². The van der Waals surface area contributed by atoms with E-state index in [9.17, 15) is 4.79 Å². The molecule has 3 aromatic rings. The summed E-state index contributed by atoms with van der Waals surface area (Å²) in [5, 5.41) is 5.65. The van der Waals surface area contributed by atoms with Crippen LogP contribution in [0, 0.1) is 6.92 Å². The summed E-state index contributed by atoms with van der Waals surface area (Å²) in [4.78, 5) is 23.8. The fraction of sp³-hybridized carbons (Fsp3) is 0.261. The smallest absolute Gasteiger partial charge is 0.323 e. The highest BCUT2D eigenvalue weighted by molar-refractivity contribution is 6.00. The molecule has 0 aliphatic carbocycles. The van der Waals surface area contributed by atoms with Crippen molar-refractivity contribution in [3.63, 3.8) is 0 Å². The Kier molecular flexibility index (Phi) is 7.21. The molecule has 0 bridgehead atoms. The molecule has 1 aromatic heterocycles. The van der Waals surface area contributed by atoms with E-state index in [1.807, 2.05) is 86.3 Å². The van der Waals surface area contributed by atoms with E-state index in [1.54, 1.807) is 0 Å². The van der Waals surface area contributed by atoms with Gasteiger partial charge in [0.1, 0.15) is 12.3 Å². The number of carbonyl (C=O) groups is 1. The third-order valence-corrected chi connectivity index (χ3v) is 4.58. The van der Waals surface area contributed by atoms with E-state index in [-0.39, 0.29) is 6.03 Å². The van der Waals surface area contributed by atoms with Gasteiger partial charge in [-0.1, -0.05) is 48.5 Å². The summed E-state index contributed by atoms with van der Waals surface area (Å²) < 4.78 is 6.01. The molecule has 0 aliphatic rings. The van der Waals surface area contributed by atoms with Crippen molar-refractivity contribution >= 4 is 23.4 Å². The number of amides is 2. The minimum absolute atomic E-state index is 0.337. The fourth-order valence-corrected chi connectivity index (χ4v) is 2.95. The molecule has 2 aromatic carbocycles. The van der Waals surface area contributed by atoms with Gasteiger partial charge in [0, 0.05) is 18.8 Å². The molecule has 2 amide bonds. The minimum atomic E-state index is -0.381. The molecule has 2 N–H and O–H groups in total. The molecular formula is C23H27N5O2. The molecule has 0 fully saturated rings. The summed E-state index contributed by atoms with van der Waals surface area (Å²) in [6.45, 7) is 7.81. The number of rotatable bonds is 8. The molecule has 1 heterocycles. The van der Waals surface area contributed by atoms with Gasteiger partial charge in [0.15, 0.2) is 0 Å². The predicted octanol–water partition coefficient (Wildman–Crippen LogP) is 4.85. The standard InChI is InChI=1S/C23H27N5O2/c1-4-28(5-2)22-24-17(3)20(26-23(29)25-19-14-10-7-11-15-19)21(27-22)30-16-18-12-8-6-9-13-18/h6-15H,4-5,16H2,1-3H3,(H2,25,26,29). The Balaban J connectivity index is 1.86. The van der Waals surface area contributed by atoms with E-state index in [0.29, 0.717) is 35.5 Å². The van der Waals surface area contributed by atoms with Crippen LogP contribution in [0.4, 0.5) is 22.1 Å². The SMILES string of the molecule is CCN(CC)c1nc(C)c(NC(=O)Nc2ccccc2)c(OCc2ccccc2)n1. The van der Waals surface area contributed by atoms with Gasteiger partial charge >= 0.3 is 6.03 Å². The zero-order valence-corrected chi connectivity index (χ0v) is 17.6. The van der Waals surface area contributed by atoms with Crippen LogP contribution in [0.25, 0.3) is 0 Å². The highest BCUT2D eigenvalue weighted by Gasteiger charge is 2.18. The van der Waals surface area contributed by atoms with Crippen LogP contribution in [-0.2, 0) is 6.61 Å². The molecule has 7 nitrogen and oxygen atoms in total. The van der Waals surface area contributed by atoms with Gasteiger partial charge in [-0.25, -0.2) is 9.78 Å². The van der Waals surface area contributed by atoms with Crippen molar-refractivity contribution in [1.29, 1.82) is 0 Å². The van der Waals surface area contributed by atoms with Crippen molar-refractivity contribution < 1.29 is 9.53 Å². The molecule has 0 radical (unpaired) electrons. The molecule has 156 valence electrons. The number of para-hydroxylation sites is 1. The van der Waals surface area contributed by atoms with Crippen molar-refractivity contribution in [2.75, 3.05) is 28.6 Å². The molecule has 0 aliphatic heterocycles. The van der Waals surface area contributed by atoms with Crippen molar-refractivity contribution in [3.05, 3.63) is 71.9 Å². The molecule has 0 saturated carbocycles. The van der Waals surface area contributed by atoms with Crippen LogP contribution in [0.2, 0.25) is 0 Å². The number of aromatic nitrogens is 2. The number of hydrogen-bond acceptors (Lipinski definition) is 5. The summed E-state index contributed by atoms with van der Waals surface area (Å²) in [5.41, 5.74) is 2.80. The first-order valence-electron chi connectivity index (χ1n) is 10.0. The average molecular weight is 406 g/mol. The van der Waals surface area contributed by atoms with Crippen LogP contribution in [0.15, 0.2) is 60.7 Å². The van der Waals surface area contributed by atoms with Gasteiger partial charge in [-0.3, -0.25) is 0 Å². The normalized spacial score (nSPS) is 10.4. The van der Waals surface area contributed by atoms with Crippen molar-refractivity contribution in [2.24, 2.45) is 0 Å². The first kappa shape index (κ1) is 21.1. The van der Waals surface area contributed by atoms with Gasteiger partial charge in [-0.2, -0.15) is 4.98 Å². The quantitative estimate of drug-likeness (QED) is 0.560. The Morgan fingerprint density at radius 3 is 2.20 bits per heavy atom. The molecule has 0 spiro atoms. The lowest BCUT2D eigenvalue weighted by Gasteiger charge is -2.21. The lowest BCUT2D eigenvalue weighted by atomic mass is 10.2. The van der Waals surface area contributed by atoms with Gasteiger partial charge in [0.05, 0.1) is 5.69 Å². The Labute approximate surface area is 177 Å². The summed E-state index contributed by atoms with van der Waals surface area (Å²) in [6.07, 6.45) is 0. The number of nitrogens with zero attached hydrogens (tertiary/aromatic N) is 3. The summed E-state index contributed by atoms with van der Waals surface area (Å²) >= 11 is 0. The Morgan fingerprint density at radius 1 is 0.933 bits per heavy atom. The van der Waals surface area contributed by atoms with Gasteiger partial charge < -0.3 is 20.3 Å². The van der Waals surface area contributed by atoms with Gasteiger partial charge in [0.25, 0.3) is 0 Å². The molecule has 0 saturated heterocycles. The minimum Gasteiger partial charge on any atom is -0.471 e. The number of aryl methyl sites for hydroxylation is 1. The van der Waals surface area contributed by atoms with E-state index in [4.69, 9.17) is 4.74 Å². The van der Waals surface area contributed by atoms with Crippen LogP contribution in [-0.4, -0.2) is 29.1 Å². The van der Waals surface area contributed by atoms with Crippen LogP contribution in [0.1, 0.15) is 25.1 Å². The van der Waals surface area contributed by atoms with E-state index < -0.39 is 0 Å². The largest absolute Gasteiger partial charge is 0.471 e. The summed E-state index contributed by atoms with van der Waals surface area (Å²) in [7, 11) is 0. The predicted molar refractivity (Wildman–Crippen MR) is 120 cm³/mol. The highest BCUT2D eigenvalue weighted by atomic mass is 16.5. The zero-order chi connectivity index (χ0) is 21.3. The number of benzene rings is 2. The fourth-order valence-electron chi connectivity index (χ4n) is 2.95. The molecule has 3 rings (SSSR count). The molecule has 7 heteroatoms. The number of anilines is 3. The maximum absolute atomic E-state index is 12.5. The lowest BCUT2D eigenvalue weighted by Crippen LogP contribution is -2.26. The Morgan fingerprint density at radius 2 is 1.57 bits per heavy atom. The number of ether oxygens (including phenoxy) is 1. The summed E-state index contributed by atoms with van der Waals surface area (Å²) in [5.74, 6) is 0.922. The number of carbonyl (C=O) groups excluding carboxylic acids is 1. The monoisotopic (exact) mass is 405 g/mol. The van der Waals surface area contributed by atoms with Gasteiger partial charge in [-0.15, -0.1) is 0 Å². The third-order valence-electron chi connectivity index (χ3n) is 4.58. The molecule has 0 unspecified atom stereocenters.